The lowest BCUT2D eigenvalue weighted by molar-refractivity contribution is -0.144. The first-order valence-electron chi connectivity index (χ1n) is 45.9. The van der Waals surface area contributed by atoms with Crippen molar-refractivity contribution in [3.63, 3.8) is 0 Å². The van der Waals surface area contributed by atoms with Crippen LogP contribution in [0.15, 0.2) is 36.8 Å². The van der Waals surface area contributed by atoms with E-state index in [1.165, 1.54) is 43.7 Å². The minimum Gasteiger partial charge on any atom is -0.508 e. The van der Waals surface area contributed by atoms with Crippen molar-refractivity contribution in [3.05, 3.63) is 48.0 Å². The van der Waals surface area contributed by atoms with Gasteiger partial charge in [0.05, 0.1) is 31.0 Å². The molecule has 768 valence electrons. The van der Waals surface area contributed by atoms with Crippen molar-refractivity contribution in [2.24, 2.45) is 57.9 Å². The first-order valence-corrected chi connectivity index (χ1v) is 45.9. The maximum Gasteiger partial charge on any atom is 0.326 e. The number of aliphatic hydroxyl groups is 2. The lowest BCUT2D eigenvalue weighted by atomic mass is 9.99. The molecule has 137 heavy (non-hydrogen) atoms. The molecule has 1 saturated heterocycles. The SMILES string of the molecule is CC(C)C[C@H](NC(=O)[C@H](CC(=O)O)NC(=O)[C@H](Cc1cnc[nH]1)NC(=O)[C@H](CCCNC(=N)N)NC(=O)[C@H](CCCCN)NC(=O)[C@H](Cc1ccc(O)cc1)NC(=O)[C@@H](NC(=O)[C@@H](N)C(C)C)[C@@H](C)O)C(=O)N[C@@H](CC(C)C)C(=O)N[C@@H](CCCNC(=N)N)C(=O)N[C@H](C(=O)N[C@@H](CCCNC(=N)N)C(=O)N1CCC[C@H]1C(=O)N[C@@H](CCCNC(=N)N)C(=O)N[C@@H](CCCCN)C(=O)O)[C@@H](C)O. The van der Waals surface area contributed by atoms with Gasteiger partial charge in [0.25, 0.3) is 0 Å². The smallest absolute Gasteiger partial charge is 0.326 e. The van der Waals surface area contributed by atoms with Crippen LogP contribution in [0.3, 0.4) is 0 Å². The van der Waals surface area contributed by atoms with Crippen LogP contribution in [0.2, 0.25) is 0 Å². The first kappa shape index (κ1) is 118. The molecule has 3 rings (SSSR count). The predicted octanol–water partition coefficient (Wildman–Crippen LogP) is -8.10. The highest BCUT2D eigenvalue weighted by molar-refractivity contribution is 6.01. The number of phenolic OH excluding ortho intramolecular Hbond substituents is 1. The van der Waals surface area contributed by atoms with Crippen LogP contribution in [0, 0.1) is 39.4 Å². The molecule has 52 nitrogen and oxygen atoms in total. The fraction of sp³-hybridized carbons (Fsp3) is 0.659. The number of carboxylic acids is 2. The summed E-state index contributed by atoms with van der Waals surface area (Å²) >= 11 is 0. The first-order chi connectivity index (χ1) is 64.6. The van der Waals surface area contributed by atoms with Gasteiger partial charge in [0, 0.05) is 57.5 Å². The normalized spacial score (nSPS) is 15.8. The number of aromatic nitrogens is 2. The molecule has 0 aliphatic carbocycles. The van der Waals surface area contributed by atoms with E-state index in [2.05, 4.69) is 100 Å². The van der Waals surface area contributed by atoms with Gasteiger partial charge in [-0.05, 0) is 178 Å². The molecule has 1 fully saturated rings. The van der Waals surface area contributed by atoms with E-state index in [4.69, 9.17) is 61.8 Å². The Morgan fingerprint density at radius 2 is 0.774 bits per heavy atom. The average Bonchev–Trinajstić information content (AvgIpc) is 1.73. The lowest BCUT2D eigenvalue weighted by Gasteiger charge is -2.31. The fourth-order valence-corrected chi connectivity index (χ4v) is 14.5. The molecule has 1 aromatic heterocycles. The summed E-state index contributed by atoms with van der Waals surface area (Å²) in [6, 6.07) is -18.1. The number of rotatable bonds is 65. The van der Waals surface area contributed by atoms with Crippen LogP contribution in [0.25, 0.3) is 0 Å². The highest BCUT2D eigenvalue weighted by atomic mass is 16.4. The number of aromatic amines is 1. The number of aliphatic hydroxyl groups excluding tert-OH is 2. The van der Waals surface area contributed by atoms with Crippen molar-refractivity contribution in [2.45, 2.75) is 293 Å². The molecule has 1 aromatic carbocycles. The van der Waals surface area contributed by atoms with Gasteiger partial charge in [-0.1, -0.05) is 53.7 Å². The number of nitrogens with one attached hydrogen (secondary N) is 22. The number of imidazole rings is 1. The molecule has 2 aromatic rings. The van der Waals surface area contributed by atoms with Gasteiger partial charge in [-0.2, -0.15) is 0 Å². The van der Waals surface area contributed by atoms with Crippen molar-refractivity contribution in [2.75, 3.05) is 45.8 Å². The number of likely N-dealkylation sites (tertiary alicyclic amines) is 1. The number of unbranched alkanes of at least 4 members (excludes halogenated alkanes) is 2. The number of aromatic hydroxyl groups is 1. The molecule has 0 saturated carbocycles. The van der Waals surface area contributed by atoms with Gasteiger partial charge in [-0.3, -0.25) is 93.6 Å². The second-order valence-corrected chi connectivity index (χ2v) is 34.9. The second-order valence-electron chi connectivity index (χ2n) is 34.9. The largest absolute Gasteiger partial charge is 0.508 e. The van der Waals surface area contributed by atoms with Crippen LogP contribution in [-0.2, 0) is 89.6 Å². The number of carboxylic acid groups (broad SMARTS) is 2. The van der Waals surface area contributed by atoms with Gasteiger partial charge in [0.1, 0.15) is 90.3 Å². The maximum atomic E-state index is 14.9. The Hall–Kier alpha value is -13.4. The third-order valence-electron chi connectivity index (χ3n) is 21.9. The van der Waals surface area contributed by atoms with Crippen molar-refractivity contribution in [1.82, 2.24) is 105 Å². The van der Waals surface area contributed by atoms with Gasteiger partial charge in [-0.15, -0.1) is 0 Å². The van der Waals surface area contributed by atoms with Gasteiger partial charge in [-0.25, -0.2) is 9.78 Å². The second kappa shape index (κ2) is 61.6. The Morgan fingerprint density at radius 3 is 1.17 bits per heavy atom. The number of H-pyrrole nitrogens is 1. The Labute approximate surface area is 794 Å². The quantitative estimate of drug-likeness (QED) is 0.0166. The van der Waals surface area contributed by atoms with Crippen molar-refractivity contribution in [1.29, 1.82) is 21.6 Å². The summed E-state index contributed by atoms with van der Waals surface area (Å²) in [4.78, 5) is 236. The average molecular weight is 1940 g/mol. The van der Waals surface area contributed by atoms with Crippen molar-refractivity contribution >= 4 is 118 Å². The number of aliphatic carboxylic acids is 2. The van der Waals surface area contributed by atoms with Gasteiger partial charge < -0.3 is 166 Å². The zero-order valence-electron chi connectivity index (χ0n) is 79.0. The zero-order valence-corrected chi connectivity index (χ0v) is 79.0. The van der Waals surface area contributed by atoms with Crippen LogP contribution in [0.5, 0.6) is 5.75 Å². The van der Waals surface area contributed by atoms with E-state index in [-0.39, 0.29) is 166 Å². The van der Waals surface area contributed by atoms with Crippen LogP contribution >= 0.6 is 0 Å². The molecule has 1 aliphatic heterocycles. The number of hydrogen-bond acceptors (Lipinski definition) is 27. The number of phenols is 1. The number of carbonyl (C=O) groups excluding carboxylic acids is 14. The van der Waals surface area contributed by atoms with E-state index in [0.717, 1.165) is 11.8 Å². The van der Waals surface area contributed by atoms with E-state index in [1.807, 2.05) is 0 Å². The van der Waals surface area contributed by atoms with Crippen molar-refractivity contribution < 1.29 is 102 Å². The van der Waals surface area contributed by atoms with E-state index in [1.54, 1.807) is 41.5 Å². The molecule has 41 N–H and O–H groups in total. The summed E-state index contributed by atoms with van der Waals surface area (Å²) in [7, 11) is 0. The van der Waals surface area contributed by atoms with E-state index >= 15 is 0 Å². The van der Waals surface area contributed by atoms with Crippen LogP contribution in [0.4, 0.5) is 0 Å². The maximum absolute atomic E-state index is 14.9. The summed E-state index contributed by atoms with van der Waals surface area (Å²) in [6.07, 6.45) is -2.36. The topological polar surface area (TPSA) is 888 Å². The highest BCUT2D eigenvalue weighted by Gasteiger charge is 2.43. The summed E-state index contributed by atoms with van der Waals surface area (Å²) < 4.78 is 0. The summed E-state index contributed by atoms with van der Waals surface area (Å²) in [5, 5.41) is 127. The molecule has 14 amide bonds. The minimum atomic E-state index is -2.06. The number of nitrogens with two attached hydrogens (primary N) is 7. The molecule has 0 radical (unpaired) electrons. The zero-order chi connectivity index (χ0) is 103. The molecule has 0 bridgehead atoms. The van der Waals surface area contributed by atoms with Crippen molar-refractivity contribution in [3.8, 4) is 5.75 Å². The van der Waals surface area contributed by atoms with Gasteiger partial charge in [0.2, 0.25) is 82.7 Å². The molecule has 52 heteroatoms. The van der Waals surface area contributed by atoms with Gasteiger partial charge in [0.15, 0.2) is 23.8 Å². The number of nitrogens with zero attached hydrogens (tertiary/aromatic N) is 2. The highest BCUT2D eigenvalue weighted by Crippen LogP contribution is 2.23. The van der Waals surface area contributed by atoms with E-state index < -0.39 is 246 Å². The van der Waals surface area contributed by atoms with Crippen LogP contribution in [-0.4, -0.2) is 308 Å². The number of benzene rings is 1. The summed E-state index contributed by atoms with van der Waals surface area (Å²) in [5.41, 5.74) is 40.2. The Bertz CT molecular complexity index is 4320. The molecule has 0 spiro atoms. The molecular formula is C85H147N31O21. The standard InChI is InChI=1S/C85H147N31O21/c1-43(2)36-57(71(126)105-54(22-15-33-100-84(93)94)70(125)114-65(46(7)117)78(133)107-55(23-16-34-101-85(95)96)80(135)116-35-17-24-62(116)76(131)106-53(21-14-32-99-83(91)92)68(123)108-56(81(136)137)19-10-12-30-87)109-72(127)58(37-44(3)4)110-75(130)61(40-63(120)121)112-74(129)60(39-49-41-97-42-102-49)111-69(124)52(20-13-31-98-82(89)90)103-67(122)51(18-9-11-29-86)104-73(128)59(38-48-25-27-50(119)28-26-48)113-79(134)66(47(8)118)115-77(132)64(88)45(5)6/h25-28,41-47,51-62,64-66,117-119H,9-24,29-40,86-88H2,1-8H3,(H,97,102)(H,103,122)(H,104,128)(H,105,126)(H,106,131)(H,107,133)(H,108,123)(H,109,127)(H,110,130)(H,111,124)(H,112,129)(H,113,134)(H,114,125)(H,115,132)(H,120,121)(H,136,137)(H4,89,90,98)(H4,91,92,99)(H4,93,94,100)(H4,95,96,101)/t46-,47-,51+,52+,53+,54+,55+,56+,57+,58+,59+,60+,61+,62+,64+,65+,66+/m1/s1. The number of carbonyl (C=O) groups is 16. The third kappa shape index (κ3) is 44.8. The van der Waals surface area contributed by atoms with E-state index in [9.17, 15) is 102 Å². The monoisotopic (exact) mass is 1940 g/mol. The molecule has 2 heterocycles. The van der Waals surface area contributed by atoms with Gasteiger partial charge >= 0.3 is 11.9 Å². The molecule has 17 atom stereocenters. The fourth-order valence-electron chi connectivity index (χ4n) is 14.5. The Balaban J connectivity index is 2.05. The predicted molar refractivity (Wildman–Crippen MR) is 501 cm³/mol. The van der Waals surface area contributed by atoms with E-state index in [0.29, 0.717) is 24.8 Å². The molecular weight excluding hydrogens is 1790 g/mol. The minimum absolute atomic E-state index is 0.0119. The molecule has 0 unspecified atom stereocenters. The lowest BCUT2D eigenvalue weighted by Crippen LogP contribution is -2.62. The number of amides is 14. The summed E-state index contributed by atoms with van der Waals surface area (Å²) in [6.45, 7) is 12.6. The summed E-state index contributed by atoms with van der Waals surface area (Å²) in [5.74, 6) is -20.4. The van der Waals surface area contributed by atoms with Crippen LogP contribution in [0.1, 0.15) is 189 Å². The van der Waals surface area contributed by atoms with Crippen LogP contribution < -0.4 is 131 Å². The Morgan fingerprint density at radius 1 is 0.431 bits per heavy atom. The molecule has 1 aliphatic rings. The number of hydrogen-bond donors (Lipinski definition) is 34. The third-order valence-corrected chi connectivity index (χ3v) is 21.9. The Kier molecular flexibility index (Phi) is 53.0. The number of guanidine groups is 4.